The number of rotatable bonds is 4. The smallest absolute Gasteiger partial charge is 0.261 e. The van der Waals surface area contributed by atoms with E-state index in [0.29, 0.717) is 30.4 Å². The summed E-state index contributed by atoms with van der Waals surface area (Å²) in [6.45, 7) is 4.16. The van der Waals surface area contributed by atoms with Crippen molar-refractivity contribution in [1.29, 1.82) is 0 Å². The molecule has 2 aromatic heterocycles. The third kappa shape index (κ3) is 2.13. The lowest BCUT2D eigenvalue weighted by atomic mass is 9.97. The standard InChI is InChI=1S/C13H17NO3/c1-3-13(16,4-2)9-14-7-5-11-10(12(14)15)6-8-17-11/h5-8,16H,3-4,9H2,1-2H3. The Morgan fingerprint density at radius 3 is 2.71 bits per heavy atom. The molecule has 0 fully saturated rings. The second kappa shape index (κ2) is 4.37. The highest BCUT2D eigenvalue weighted by Gasteiger charge is 2.23. The van der Waals surface area contributed by atoms with E-state index in [-0.39, 0.29) is 5.56 Å². The lowest BCUT2D eigenvalue weighted by molar-refractivity contribution is 0.0143. The van der Waals surface area contributed by atoms with Gasteiger partial charge in [0.05, 0.1) is 23.8 Å². The SMILES string of the molecule is CCC(O)(CC)Cn1ccc2occc2c1=O. The van der Waals surface area contributed by atoms with Gasteiger partial charge < -0.3 is 14.1 Å². The first-order valence-corrected chi connectivity index (χ1v) is 5.88. The molecule has 2 aromatic rings. The summed E-state index contributed by atoms with van der Waals surface area (Å²) in [5.74, 6) is 0. The topological polar surface area (TPSA) is 55.4 Å². The molecular formula is C13H17NO3. The number of pyridine rings is 1. The molecule has 0 saturated heterocycles. The van der Waals surface area contributed by atoms with E-state index in [2.05, 4.69) is 0 Å². The van der Waals surface area contributed by atoms with Gasteiger partial charge >= 0.3 is 0 Å². The zero-order chi connectivity index (χ0) is 12.5. The molecule has 2 heterocycles. The molecule has 4 nitrogen and oxygen atoms in total. The number of fused-ring (bicyclic) bond motifs is 1. The largest absolute Gasteiger partial charge is 0.464 e. The van der Waals surface area contributed by atoms with E-state index in [1.807, 2.05) is 13.8 Å². The summed E-state index contributed by atoms with van der Waals surface area (Å²) in [5, 5.41) is 10.8. The zero-order valence-electron chi connectivity index (χ0n) is 10.1. The number of hydrogen-bond acceptors (Lipinski definition) is 3. The Kier molecular flexibility index (Phi) is 3.07. The van der Waals surface area contributed by atoms with Crippen LogP contribution in [0.25, 0.3) is 11.0 Å². The van der Waals surface area contributed by atoms with Crippen molar-refractivity contribution < 1.29 is 9.52 Å². The van der Waals surface area contributed by atoms with Crippen molar-refractivity contribution in [3.8, 4) is 0 Å². The van der Waals surface area contributed by atoms with Crippen LogP contribution in [0.3, 0.4) is 0 Å². The molecule has 0 saturated carbocycles. The summed E-state index contributed by atoms with van der Waals surface area (Å²) in [6.07, 6.45) is 4.42. The molecule has 0 aliphatic heterocycles. The van der Waals surface area contributed by atoms with Crippen LogP contribution in [0.2, 0.25) is 0 Å². The first-order valence-electron chi connectivity index (χ1n) is 5.88. The van der Waals surface area contributed by atoms with Crippen LogP contribution >= 0.6 is 0 Å². The molecule has 0 aliphatic rings. The molecule has 92 valence electrons. The van der Waals surface area contributed by atoms with Gasteiger partial charge in [0.15, 0.2) is 0 Å². The third-order valence-electron chi connectivity index (χ3n) is 3.37. The van der Waals surface area contributed by atoms with E-state index in [1.54, 1.807) is 22.9 Å². The Hall–Kier alpha value is -1.55. The predicted octanol–water partition coefficient (Wildman–Crippen LogP) is 2.15. The highest BCUT2D eigenvalue weighted by Crippen LogP contribution is 2.17. The van der Waals surface area contributed by atoms with Gasteiger partial charge in [0, 0.05) is 6.20 Å². The molecule has 0 atom stereocenters. The molecule has 1 N–H and O–H groups in total. The van der Waals surface area contributed by atoms with Gasteiger partial charge in [-0.3, -0.25) is 4.79 Å². The zero-order valence-corrected chi connectivity index (χ0v) is 10.1. The van der Waals surface area contributed by atoms with Crippen LogP contribution in [0.5, 0.6) is 0 Å². The van der Waals surface area contributed by atoms with Crippen LogP contribution in [0.4, 0.5) is 0 Å². The van der Waals surface area contributed by atoms with Crippen LogP contribution in [-0.2, 0) is 6.54 Å². The Balaban J connectivity index is 2.43. The van der Waals surface area contributed by atoms with Crippen LogP contribution in [0, 0.1) is 0 Å². The second-order valence-electron chi connectivity index (χ2n) is 4.38. The monoisotopic (exact) mass is 235 g/mol. The number of hydrogen-bond donors (Lipinski definition) is 1. The summed E-state index contributed by atoms with van der Waals surface area (Å²) in [6, 6.07) is 3.41. The van der Waals surface area contributed by atoms with Gasteiger partial charge in [0.2, 0.25) is 0 Å². The predicted molar refractivity (Wildman–Crippen MR) is 66.0 cm³/mol. The van der Waals surface area contributed by atoms with Crippen LogP contribution in [0.15, 0.2) is 33.8 Å². The van der Waals surface area contributed by atoms with Gasteiger partial charge in [-0.15, -0.1) is 0 Å². The molecule has 4 heteroatoms. The molecule has 0 spiro atoms. The Bertz CT molecular complexity index is 563. The minimum absolute atomic E-state index is 0.114. The third-order valence-corrected chi connectivity index (χ3v) is 3.37. The fourth-order valence-corrected chi connectivity index (χ4v) is 1.92. The molecule has 0 bridgehead atoms. The van der Waals surface area contributed by atoms with E-state index < -0.39 is 5.60 Å². The van der Waals surface area contributed by atoms with Crippen molar-refractivity contribution in [3.63, 3.8) is 0 Å². The maximum absolute atomic E-state index is 12.1. The maximum Gasteiger partial charge on any atom is 0.261 e. The molecule has 0 aromatic carbocycles. The molecule has 2 rings (SSSR count). The lowest BCUT2D eigenvalue weighted by Crippen LogP contribution is -2.36. The fourth-order valence-electron chi connectivity index (χ4n) is 1.92. The Labute approximate surface area is 99.5 Å². The number of aliphatic hydroxyl groups is 1. The van der Waals surface area contributed by atoms with Crippen molar-refractivity contribution in [2.24, 2.45) is 0 Å². The van der Waals surface area contributed by atoms with E-state index in [0.717, 1.165) is 0 Å². The first-order chi connectivity index (χ1) is 8.09. The number of aromatic nitrogens is 1. The maximum atomic E-state index is 12.1. The van der Waals surface area contributed by atoms with Gasteiger partial charge in [-0.25, -0.2) is 0 Å². The first kappa shape index (κ1) is 11.9. The Morgan fingerprint density at radius 1 is 1.35 bits per heavy atom. The van der Waals surface area contributed by atoms with Gasteiger partial charge in [-0.2, -0.15) is 0 Å². The summed E-state index contributed by atoms with van der Waals surface area (Å²) in [7, 11) is 0. The van der Waals surface area contributed by atoms with Gasteiger partial charge in [-0.05, 0) is 25.0 Å². The highest BCUT2D eigenvalue weighted by atomic mass is 16.3. The molecular weight excluding hydrogens is 218 g/mol. The molecule has 0 radical (unpaired) electrons. The van der Waals surface area contributed by atoms with E-state index in [1.165, 1.54) is 6.26 Å². The van der Waals surface area contributed by atoms with Gasteiger partial charge in [0.25, 0.3) is 5.56 Å². The van der Waals surface area contributed by atoms with E-state index in [4.69, 9.17) is 4.42 Å². The quantitative estimate of drug-likeness (QED) is 0.883. The van der Waals surface area contributed by atoms with Gasteiger partial charge in [-0.1, -0.05) is 13.8 Å². The minimum atomic E-state index is -0.818. The van der Waals surface area contributed by atoms with Crippen LogP contribution in [-0.4, -0.2) is 15.3 Å². The fraction of sp³-hybridized carbons (Fsp3) is 0.462. The van der Waals surface area contributed by atoms with Crippen molar-refractivity contribution in [2.75, 3.05) is 0 Å². The summed E-state index contributed by atoms with van der Waals surface area (Å²) < 4.78 is 6.71. The van der Waals surface area contributed by atoms with Crippen molar-refractivity contribution in [3.05, 3.63) is 34.9 Å². The number of furan rings is 1. The molecule has 0 aliphatic carbocycles. The average molecular weight is 235 g/mol. The summed E-state index contributed by atoms with van der Waals surface area (Å²) in [5.41, 5.74) is -0.347. The van der Waals surface area contributed by atoms with Crippen molar-refractivity contribution in [2.45, 2.75) is 38.8 Å². The van der Waals surface area contributed by atoms with Crippen LogP contribution < -0.4 is 5.56 Å². The molecule has 0 unspecified atom stereocenters. The van der Waals surface area contributed by atoms with Crippen LogP contribution in [0.1, 0.15) is 26.7 Å². The molecule has 17 heavy (non-hydrogen) atoms. The van der Waals surface area contributed by atoms with Gasteiger partial charge in [0.1, 0.15) is 5.58 Å². The Morgan fingerprint density at radius 2 is 2.06 bits per heavy atom. The second-order valence-corrected chi connectivity index (χ2v) is 4.38. The van der Waals surface area contributed by atoms with E-state index >= 15 is 0 Å². The minimum Gasteiger partial charge on any atom is -0.464 e. The summed E-state index contributed by atoms with van der Waals surface area (Å²) in [4.78, 5) is 12.1. The van der Waals surface area contributed by atoms with Crippen molar-refractivity contribution in [1.82, 2.24) is 4.57 Å². The normalized spacial score (nSPS) is 12.2. The highest BCUT2D eigenvalue weighted by molar-refractivity contribution is 5.75. The van der Waals surface area contributed by atoms with Crippen molar-refractivity contribution >= 4 is 11.0 Å². The van der Waals surface area contributed by atoms with E-state index in [9.17, 15) is 9.90 Å². The molecule has 0 amide bonds. The average Bonchev–Trinajstić information content (AvgIpc) is 2.82. The number of nitrogens with zero attached hydrogens (tertiary/aromatic N) is 1. The lowest BCUT2D eigenvalue weighted by Gasteiger charge is -2.25. The summed E-state index contributed by atoms with van der Waals surface area (Å²) >= 11 is 0.